The smallest absolute Gasteiger partial charge is 0.240 e. The summed E-state index contributed by atoms with van der Waals surface area (Å²) in [6, 6.07) is 6.68. The summed E-state index contributed by atoms with van der Waals surface area (Å²) in [6.07, 6.45) is 1.45. The summed E-state index contributed by atoms with van der Waals surface area (Å²) in [5.41, 5.74) is 0.539. The fraction of sp³-hybridized carbons (Fsp3) is 0.100. The average Bonchev–Trinajstić information content (AvgIpc) is 2.17. The molecule has 0 amide bonds. The van der Waals surface area contributed by atoms with Crippen molar-refractivity contribution in [2.45, 2.75) is 0 Å². The third-order valence-electron chi connectivity index (χ3n) is 1.41. The number of isocyanates is 1. The van der Waals surface area contributed by atoms with Crippen LogP contribution in [0.5, 0.6) is 5.75 Å². The topological polar surface area (TPSA) is 38.7 Å². The highest BCUT2D eigenvalue weighted by atomic mass is 35.5. The molecule has 3 nitrogen and oxygen atoms in total. The van der Waals surface area contributed by atoms with Crippen molar-refractivity contribution in [3.05, 3.63) is 35.9 Å². The Kier molecular flexibility index (Phi) is 3.92. The van der Waals surface area contributed by atoms with E-state index in [9.17, 15) is 4.79 Å². The van der Waals surface area contributed by atoms with E-state index >= 15 is 0 Å². The molecule has 0 saturated carbocycles. The number of nitrogens with zero attached hydrogens (tertiary/aromatic N) is 1. The monoisotopic (exact) mass is 209 g/mol. The Morgan fingerprint density at radius 1 is 1.50 bits per heavy atom. The molecule has 0 spiro atoms. The van der Waals surface area contributed by atoms with E-state index in [0.29, 0.717) is 16.5 Å². The van der Waals surface area contributed by atoms with Crippen LogP contribution in [0.15, 0.2) is 40.9 Å². The van der Waals surface area contributed by atoms with Gasteiger partial charge in [-0.05, 0) is 24.3 Å². The van der Waals surface area contributed by atoms with Gasteiger partial charge in [0.15, 0.2) is 0 Å². The van der Waals surface area contributed by atoms with Crippen LogP contribution in [-0.2, 0) is 4.79 Å². The zero-order valence-electron chi connectivity index (χ0n) is 7.37. The van der Waals surface area contributed by atoms with Gasteiger partial charge in [0, 0.05) is 5.03 Å². The Balaban J connectivity index is 2.63. The average molecular weight is 210 g/mol. The second-order valence-electron chi connectivity index (χ2n) is 2.50. The standard InChI is InChI=1S/C10H8ClNO2/c1-8(11)6-14-10-4-2-9(3-5-10)12-7-13/h2-5H,1,6H2. The van der Waals surface area contributed by atoms with Crippen LogP contribution in [-0.4, -0.2) is 12.7 Å². The number of benzene rings is 1. The van der Waals surface area contributed by atoms with Gasteiger partial charge in [0.2, 0.25) is 6.08 Å². The molecular weight excluding hydrogens is 202 g/mol. The number of hydrogen-bond donors (Lipinski definition) is 0. The van der Waals surface area contributed by atoms with Crippen molar-refractivity contribution in [1.29, 1.82) is 0 Å². The molecule has 0 bridgehead atoms. The van der Waals surface area contributed by atoms with Gasteiger partial charge in [0.05, 0.1) is 5.69 Å². The van der Waals surface area contributed by atoms with Crippen LogP contribution in [0.2, 0.25) is 0 Å². The zero-order chi connectivity index (χ0) is 10.4. The van der Waals surface area contributed by atoms with Crippen LogP contribution in [0, 0.1) is 0 Å². The summed E-state index contributed by atoms with van der Waals surface area (Å²) in [6.45, 7) is 3.75. The van der Waals surface area contributed by atoms with Crippen molar-refractivity contribution >= 4 is 23.4 Å². The number of aliphatic imine (C=N–C) groups is 1. The van der Waals surface area contributed by atoms with Crippen LogP contribution in [0.25, 0.3) is 0 Å². The molecule has 0 radical (unpaired) electrons. The van der Waals surface area contributed by atoms with E-state index in [1.807, 2.05) is 0 Å². The van der Waals surface area contributed by atoms with Gasteiger partial charge in [0.25, 0.3) is 0 Å². The molecule has 4 heteroatoms. The molecule has 72 valence electrons. The lowest BCUT2D eigenvalue weighted by Crippen LogP contribution is -1.95. The highest BCUT2D eigenvalue weighted by Gasteiger charge is 1.94. The van der Waals surface area contributed by atoms with Crippen LogP contribution < -0.4 is 4.74 Å². The predicted molar refractivity (Wildman–Crippen MR) is 54.7 cm³/mol. The first-order chi connectivity index (χ1) is 6.72. The molecule has 0 aromatic heterocycles. The fourth-order valence-corrected chi connectivity index (χ4v) is 0.886. The van der Waals surface area contributed by atoms with E-state index in [2.05, 4.69) is 11.6 Å². The third-order valence-corrected chi connectivity index (χ3v) is 1.52. The zero-order valence-corrected chi connectivity index (χ0v) is 8.12. The van der Waals surface area contributed by atoms with E-state index in [1.54, 1.807) is 24.3 Å². The van der Waals surface area contributed by atoms with Gasteiger partial charge >= 0.3 is 0 Å². The summed E-state index contributed by atoms with van der Waals surface area (Å²) in [5, 5.41) is 0.431. The molecule has 0 N–H and O–H groups in total. The minimum absolute atomic E-state index is 0.262. The first-order valence-corrected chi connectivity index (χ1v) is 4.24. The second-order valence-corrected chi connectivity index (χ2v) is 3.04. The van der Waals surface area contributed by atoms with Gasteiger partial charge in [-0.25, -0.2) is 4.79 Å². The summed E-state index contributed by atoms with van der Waals surface area (Å²) >= 11 is 5.52. The highest BCUT2D eigenvalue weighted by molar-refractivity contribution is 6.29. The molecule has 1 aromatic rings. The Morgan fingerprint density at radius 3 is 2.64 bits per heavy atom. The maximum absolute atomic E-state index is 9.92. The lowest BCUT2D eigenvalue weighted by molar-refractivity contribution is 0.359. The molecule has 1 rings (SSSR count). The van der Waals surface area contributed by atoms with Crippen molar-refractivity contribution in [2.75, 3.05) is 6.61 Å². The molecule has 14 heavy (non-hydrogen) atoms. The minimum Gasteiger partial charge on any atom is -0.488 e. The van der Waals surface area contributed by atoms with Gasteiger partial charge in [-0.1, -0.05) is 18.2 Å². The lowest BCUT2D eigenvalue weighted by atomic mass is 10.3. The van der Waals surface area contributed by atoms with Crippen LogP contribution >= 0.6 is 11.6 Å². The van der Waals surface area contributed by atoms with E-state index < -0.39 is 0 Å². The number of rotatable bonds is 4. The Labute approximate surface area is 86.7 Å². The quantitative estimate of drug-likeness (QED) is 0.565. The SMILES string of the molecule is C=C(Cl)COc1ccc(N=C=O)cc1. The van der Waals surface area contributed by atoms with E-state index in [-0.39, 0.29) is 6.61 Å². The van der Waals surface area contributed by atoms with Gasteiger partial charge < -0.3 is 4.74 Å². The summed E-state index contributed by atoms with van der Waals surface area (Å²) < 4.78 is 5.23. The van der Waals surface area contributed by atoms with Crippen molar-refractivity contribution in [2.24, 2.45) is 4.99 Å². The summed E-state index contributed by atoms with van der Waals surface area (Å²) in [7, 11) is 0. The van der Waals surface area contributed by atoms with Crippen LogP contribution in [0.3, 0.4) is 0 Å². The lowest BCUT2D eigenvalue weighted by Gasteiger charge is -2.03. The number of halogens is 1. The molecule has 0 unspecified atom stereocenters. The maximum Gasteiger partial charge on any atom is 0.240 e. The predicted octanol–water partition coefficient (Wildman–Crippen LogP) is 2.79. The summed E-state index contributed by atoms with van der Waals surface area (Å²) in [4.78, 5) is 13.4. The Hall–Kier alpha value is -1.57. The molecular formula is C10H8ClNO2. The first kappa shape index (κ1) is 10.5. The third kappa shape index (κ3) is 3.44. The number of carbonyl (C=O) groups excluding carboxylic acids is 1. The molecule has 1 aromatic carbocycles. The Bertz CT molecular complexity index is 366. The second kappa shape index (κ2) is 5.22. The van der Waals surface area contributed by atoms with E-state index in [1.165, 1.54) is 6.08 Å². The molecule has 0 saturated heterocycles. The van der Waals surface area contributed by atoms with Gasteiger partial charge in [-0.15, -0.1) is 0 Å². The molecule has 0 aliphatic carbocycles. The Morgan fingerprint density at radius 2 is 2.14 bits per heavy atom. The molecule has 0 aliphatic rings. The van der Waals surface area contributed by atoms with E-state index in [0.717, 1.165) is 0 Å². The number of ether oxygens (including phenoxy) is 1. The molecule has 0 atom stereocenters. The minimum atomic E-state index is 0.262. The van der Waals surface area contributed by atoms with Crippen molar-refractivity contribution in [3.63, 3.8) is 0 Å². The summed E-state index contributed by atoms with van der Waals surface area (Å²) in [5.74, 6) is 0.650. The van der Waals surface area contributed by atoms with E-state index in [4.69, 9.17) is 16.3 Å². The van der Waals surface area contributed by atoms with Gasteiger partial charge in [-0.2, -0.15) is 4.99 Å². The number of hydrogen-bond acceptors (Lipinski definition) is 3. The van der Waals surface area contributed by atoms with Crippen molar-refractivity contribution in [1.82, 2.24) is 0 Å². The molecule has 0 fully saturated rings. The fourth-order valence-electron chi connectivity index (χ4n) is 0.831. The first-order valence-electron chi connectivity index (χ1n) is 3.86. The molecule has 0 heterocycles. The highest BCUT2D eigenvalue weighted by Crippen LogP contribution is 2.18. The largest absolute Gasteiger partial charge is 0.488 e. The molecule has 0 aliphatic heterocycles. The van der Waals surface area contributed by atoms with Gasteiger partial charge in [-0.3, -0.25) is 0 Å². The van der Waals surface area contributed by atoms with Crippen LogP contribution in [0.1, 0.15) is 0 Å². The van der Waals surface area contributed by atoms with Gasteiger partial charge in [0.1, 0.15) is 12.4 Å². The van der Waals surface area contributed by atoms with Crippen LogP contribution in [0.4, 0.5) is 5.69 Å². The van der Waals surface area contributed by atoms with Crippen molar-refractivity contribution in [3.8, 4) is 5.75 Å². The van der Waals surface area contributed by atoms with Crippen molar-refractivity contribution < 1.29 is 9.53 Å². The normalized spacial score (nSPS) is 8.93. The maximum atomic E-state index is 9.92.